The van der Waals surface area contributed by atoms with E-state index in [1.54, 1.807) is 18.2 Å². The molecule has 19 heavy (non-hydrogen) atoms. The van der Waals surface area contributed by atoms with Crippen LogP contribution in [0.25, 0.3) is 0 Å². The molecule has 0 bridgehead atoms. The molecule has 1 rings (SSSR count). The van der Waals surface area contributed by atoms with Gasteiger partial charge in [-0.3, -0.25) is 0 Å². The molecule has 0 spiro atoms. The first-order valence-electron chi connectivity index (χ1n) is 6.71. The maximum Gasteiger partial charge on any atom is 0.335 e. The zero-order valence-corrected chi connectivity index (χ0v) is 11.6. The fourth-order valence-corrected chi connectivity index (χ4v) is 1.74. The highest BCUT2D eigenvalue weighted by atomic mass is 16.5. The number of ether oxygens (including phenoxy) is 2. The van der Waals surface area contributed by atoms with Crippen molar-refractivity contribution in [3.8, 4) is 5.75 Å². The van der Waals surface area contributed by atoms with E-state index >= 15 is 0 Å². The Morgan fingerprint density at radius 1 is 1.37 bits per heavy atom. The van der Waals surface area contributed by atoms with Gasteiger partial charge in [0.05, 0.1) is 24.9 Å². The van der Waals surface area contributed by atoms with Gasteiger partial charge in [-0.1, -0.05) is 19.4 Å². The Hall–Kier alpha value is -1.55. The van der Waals surface area contributed by atoms with E-state index in [2.05, 4.69) is 13.8 Å². The molecule has 4 heteroatoms. The molecule has 0 aliphatic carbocycles. The lowest BCUT2D eigenvalue weighted by atomic mass is 10.2. The molecule has 1 atom stereocenters. The van der Waals surface area contributed by atoms with Crippen molar-refractivity contribution in [1.29, 1.82) is 0 Å². The second kappa shape index (κ2) is 8.53. The summed E-state index contributed by atoms with van der Waals surface area (Å²) in [6, 6.07) is 6.51. The summed E-state index contributed by atoms with van der Waals surface area (Å²) in [5.41, 5.74) is 0.241. The van der Waals surface area contributed by atoms with E-state index in [1.807, 2.05) is 0 Å². The Morgan fingerprint density at radius 3 is 2.84 bits per heavy atom. The second-order valence-electron chi connectivity index (χ2n) is 4.51. The predicted molar refractivity (Wildman–Crippen MR) is 73.8 cm³/mol. The number of carboxylic acid groups (broad SMARTS) is 1. The lowest BCUT2D eigenvalue weighted by Crippen LogP contribution is -2.11. The van der Waals surface area contributed by atoms with Crippen LogP contribution in [-0.4, -0.2) is 30.4 Å². The van der Waals surface area contributed by atoms with Crippen molar-refractivity contribution in [3.63, 3.8) is 0 Å². The Morgan fingerprint density at radius 2 is 2.16 bits per heavy atom. The summed E-state index contributed by atoms with van der Waals surface area (Å²) in [5, 5.41) is 8.85. The fraction of sp³-hybridized carbons (Fsp3) is 0.533. The van der Waals surface area contributed by atoms with Crippen LogP contribution >= 0.6 is 0 Å². The third kappa shape index (κ3) is 6.25. The molecule has 4 nitrogen and oxygen atoms in total. The van der Waals surface area contributed by atoms with Crippen molar-refractivity contribution >= 4 is 5.97 Å². The van der Waals surface area contributed by atoms with Gasteiger partial charge in [-0.25, -0.2) is 4.79 Å². The number of carbonyl (C=O) groups is 1. The van der Waals surface area contributed by atoms with E-state index in [-0.39, 0.29) is 5.56 Å². The van der Waals surface area contributed by atoms with E-state index in [0.29, 0.717) is 25.1 Å². The highest BCUT2D eigenvalue weighted by Crippen LogP contribution is 2.13. The summed E-state index contributed by atoms with van der Waals surface area (Å²) in [6.45, 7) is 5.40. The summed E-state index contributed by atoms with van der Waals surface area (Å²) in [7, 11) is 0. The minimum Gasteiger partial charge on any atom is -0.493 e. The van der Waals surface area contributed by atoms with Crippen LogP contribution in [0, 0.1) is 0 Å². The Balaban J connectivity index is 2.22. The smallest absolute Gasteiger partial charge is 0.335 e. The van der Waals surface area contributed by atoms with Gasteiger partial charge >= 0.3 is 5.97 Å². The molecular weight excluding hydrogens is 244 g/mol. The van der Waals surface area contributed by atoms with Gasteiger partial charge in [-0.05, 0) is 31.5 Å². The predicted octanol–water partition coefficient (Wildman–Crippen LogP) is 3.36. The first-order chi connectivity index (χ1) is 9.13. The van der Waals surface area contributed by atoms with Crippen molar-refractivity contribution in [3.05, 3.63) is 29.8 Å². The third-order valence-corrected chi connectivity index (χ3v) is 2.74. The van der Waals surface area contributed by atoms with Gasteiger partial charge in [-0.2, -0.15) is 0 Å². The van der Waals surface area contributed by atoms with E-state index < -0.39 is 5.97 Å². The van der Waals surface area contributed by atoms with Gasteiger partial charge in [0.15, 0.2) is 0 Å². The lowest BCUT2D eigenvalue weighted by Gasteiger charge is -2.12. The molecule has 106 valence electrons. The largest absolute Gasteiger partial charge is 0.493 e. The average Bonchev–Trinajstić information content (AvgIpc) is 2.39. The third-order valence-electron chi connectivity index (χ3n) is 2.74. The van der Waals surface area contributed by atoms with Gasteiger partial charge in [0, 0.05) is 6.42 Å². The number of carboxylic acids is 1. The van der Waals surface area contributed by atoms with Crippen LogP contribution in [0.15, 0.2) is 24.3 Å². The van der Waals surface area contributed by atoms with E-state index in [1.165, 1.54) is 6.07 Å². The molecule has 1 aromatic carbocycles. The van der Waals surface area contributed by atoms with E-state index in [9.17, 15) is 4.79 Å². The monoisotopic (exact) mass is 266 g/mol. The molecule has 0 fully saturated rings. The van der Waals surface area contributed by atoms with Crippen molar-refractivity contribution in [2.45, 2.75) is 39.2 Å². The number of aromatic carboxylic acids is 1. The number of hydrogen-bond acceptors (Lipinski definition) is 3. The summed E-state index contributed by atoms with van der Waals surface area (Å²) in [4.78, 5) is 10.8. The van der Waals surface area contributed by atoms with Gasteiger partial charge in [0.25, 0.3) is 0 Å². The Bertz CT molecular complexity index is 389. The molecule has 0 aromatic heterocycles. The van der Waals surface area contributed by atoms with Gasteiger partial charge in [0.2, 0.25) is 0 Å². The van der Waals surface area contributed by atoms with Crippen LogP contribution in [0.1, 0.15) is 43.5 Å². The molecule has 0 saturated heterocycles. The summed E-state index contributed by atoms with van der Waals surface area (Å²) in [5.74, 6) is -0.358. The van der Waals surface area contributed by atoms with Crippen LogP contribution < -0.4 is 4.74 Å². The molecule has 1 N–H and O–H groups in total. The highest BCUT2D eigenvalue weighted by Gasteiger charge is 2.04. The van der Waals surface area contributed by atoms with E-state index in [0.717, 1.165) is 19.3 Å². The second-order valence-corrected chi connectivity index (χ2v) is 4.51. The minimum absolute atomic E-state index is 0.241. The maximum absolute atomic E-state index is 10.8. The molecule has 0 saturated carbocycles. The van der Waals surface area contributed by atoms with Crippen LogP contribution in [0.3, 0.4) is 0 Å². The quantitative estimate of drug-likeness (QED) is 0.696. The normalized spacial score (nSPS) is 12.1. The topological polar surface area (TPSA) is 55.8 Å². The number of rotatable bonds is 9. The number of hydrogen-bond donors (Lipinski definition) is 1. The number of benzene rings is 1. The lowest BCUT2D eigenvalue weighted by molar-refractivity contribution is 0.0518. The Kier molecular flexibility index (Phi) is 6.97. The summed E-state index contributed by atoms with van der Waals surface area (Å²) < 4.78 is 11.1. The molecule has 0 amide bonds. The van der Waals surface area contributed by atoms with Crippen LogP contribution in [0.2, 0.25) is 0 Å². The average molecular weight is 266 g/mol. The molecular formula is C15H22O4. The molecule has 0 aliphatic heterocycles. The molecule has 0 heterocycles. The van der Waals surface area contributed by atoms with Crippen LogP contribution in [0.4, 0.5) is 0 Å². The zero-order valence-electron chi connectivity index (χ0n) is 11.6. The van der Waals surface area contributed by atoms with Crippen molar-refractivity contribution in [1.82, 2.24) is 0 Å². The first kappa shape index (κ1) is 15.5. The Labute approximate surface area is 114 Å². The molecule has 0 radical (unpaired) electrons. The van der Waals surface area contributed by atoms with Crippen LogP contribution in [0.5, 0.6) is 5.75 Å². The fourth-order valence-electron chi connectivity index (χ4n) is 1.74. The zero-order chi connectivity index (χ0) is 14.1. The molecule has 0 aliphatic rings. The van der Waals surface area contributed by atoms with Crippen molar-refractivity contribution < 1.29 is 19.4 Å². The SMILES string of the molecule is CCCC(C)OCCCOc1cccc(C(=O)O)c1. The van der Waals surface area contributed by atoms with Gasteiger partial charge in [0.1, 0.15) is 5.75 Å². The standard InChI is InChI=1S/C15H22O4/c1-3-6-12(2)18-9-5-10-19-14-8-4-7-13(11-14)15(16)17/h4,7-8,11-12H,3,5-6,9-10H2,1-2H3,(H,16,17). The van der Waals surface area contributed by atoms with Gasteiger partial charge < -0.3 is 14.6 Å². The van der Waals surface area contributed by atoms with E-state index in [4.69, 9.17) is 14.6 Å². The minimum atomic E-state index is -0.942. The van der Waals surface area contributed by atoms with Crippen LogP contribution in [-0.2, 0) is 4.74 Å². The first-order valence-corrected chi connectivity index (χ1v) is 6.71. The van der Waals surface area contributed by atoms with Gasteiger partial charge in [-0.15, -0.1) is 0 Å². The van der Waals surface area contributed by atoms with Crippen molar-refractivity contribution in [2.75, 3.05) is 13.2 Å². The molecule has 1 unspecified atom stereocenters. The summed E-state index contributed by atoms with van der Waals surface area (Å²) in [6.07, 6.45) is 3.28. The summed E-state index contributed by atoms with van der Waals surface area (Å²) >= 11 is 0. The maximum atomic E-state index is 10.8. The highest BCUT2D eigenvalue weighted by molar-refractivity contribution is 5.87. The van der Waals surface area contributed by atoms with Crippen molar-refractivity contribution in [2.24, 2.45) is 0 Å². The molecule has 1 aromatic rings.